The fourth-order valence-corrected chi connectivity index (χ4v) is 3.80. The van der Waals surface area contributed by atoms with E-state index < -0.39 is 0 Å². The number of hydrogen-bond donors (Lipinski definition) is 1. The average molecular weight is 496 g/mol. The maximum absolute atomic E-state index is 12.5. The molecular formula is C31H61NO3. The highest BCUT2D eigenvalue weighted by atomic mass is 16.5. The third kappa shape index (κ3) is 21.0. The Morgan fingerprint density at radius 2 is 1.34 bits per heavy atom. The van der Waals surface area contributed by atoms with Crippen LogP contribution in [0.1, 0.15) is 121 Å². The van der Waals surface area contributed by atoms with E-state index in [0.29, 0.717) is 24.5 Å². The molecule has 0 bridgehead atoms. The summed E-state index contributed by atoms with van der Waals surface area (Å²) in [6.07, 6.45) is 12.3. The van der Waals surface area contributed by atoms with E-state index in [0.717, 1.165) is 32.6 Å². The maximum Gasteiger partial charge on any atom is 0.225 e. The molecule has 1 amide bonds. The molecule has 0 spiro atoms. The first kappa shape index (κ1) is 34.1. The number of carbonyl (C=O) groups is 1. The van der Waals surface area contributed by atoms with Crippen molar-refractivity contribution in [2.24, 2.45) is 27.6 Å². The first-order valence-corrected chi connectivity index (χ1v) is 14.0. The third-order valence-electron chi connectivity index (χ3n) is 6.40. The number of carbonyl (C=O) groups excluding carboxylic acids is 1. The lowest BCUT2D eigenvalue weighted by atomic mass is 9.80. The van der Waals surface area contributed by atoms with Crippen molar-refractivity contribution in [3.05, 3.63) is 12.2 Å². The molecule has 35 heavy (non-hydrogen) atoms. The predicted octanol–water partition coefficient (Wildman–Crippen LogP) is 8.20. The van der Waals surface area contributed by atoms with E-state index in [1.807, 2.05) is 0 Å². The van der Waals surface area contributed by atoms with Crippen molar-refractivity contribution in [2.45, 2.75) is 121 Å². The van der Waals surface area contributed by atoms with Gasteiger partial charge in [0.05, 0.1) is 19.8 Å². The minimum atomic E-state index is -0.287. The Morgan fingerprint density at radius 3 is 1.91 bits per heavy atom. The lowest BCUT2D eigenvalue weighted by molar-refractivity contribution is -0.130. The van der Waals surface area contributed by atoms with Crippen molar-refractivity contribution in [1.82, 2.24) is 5.32 Å². The molecule has 0 aromatic rings. The van der Waals surface area contributed by atoms with Crippen LogP contribution in [0.15, 0.2) is 12.2 Å². The zero-order valence-electron chi connectivity index (χ0n) is 25.4. The fourth-order valence-electron chi connectivity index (χ4n) is 3.80. The first-order chi connectivity index (χ1) is 15.9. The van der Waals surface area contributed by atoms with Gasteiger partial charge in [0.15, 0.2) is 0 Å². The SMILES string of the molecule is CC(CCC(C)(C)CCCCCC(C)(C)C(=O)NCC(C)(C)C)COC/C=C/COCC(C)(C)C. The molecule has 4 heteroatoms. The zero-order valence-corrected chi connectivity index (χ0v) is 25.4. The number of ether oxygens (including phenoxy) is 2. The van der Waals surface area contributed by atoms with E-state index in [2.05, 4.69) is 93.6 Å². The Kier molecular flexibility index (Phi) is 15.7. The lowest BCUT2D eigenvalue weighted by Gasteiger charge is -2.28. The number of unbranched alkanes of at least 4 members (excludes halogenated alkanes) is 2. The molecule has 1 atom stereocenters. The summed E-state index contributed by atoms with van der Waals surface area (Å²) in [5, 5.41) is 3.13. The van der Waals surface area contributed by atoms with Crippen molar-refractivity contribution >= 4 is 5.91 Å². The molecule has 1 N–H and O–H groups in total. The molecule has 208 valence electrons. The Labute approximate surface area is 219 Å². The monoisotopic (exact) mass is 495 g/mol. The summed E-state index contributed by atoms with van der Waals surface area (Å²) in [5.74, 6) is 0.764. The quantitative estimate of drug-likeness (QED) is 0.154. The molecule has 0 aromatic carbocycles. The van der Waals surface area contributed by atoms with Gasteiger partial charge in [-0.05, 0) is 47.8 Å². The van der Waals surface area contributed by atoms with Gasteiger partial charge in [0.25, 0.3) is 0 Å². The topological polar surface area (TPSA) is 47.6 Å². The van der Waals surface area contributed by atoms with Gasteiger partial charge in [0.1, 0.15) is 0 Å². The second kappa shape index (κ2) is 16.1. The van der Waals surface area contributed by atoms with E-state index in [1.165, 1.54) is 32.1 Å². The number of hydrogen-bond acceptors (Lipinski definition) is 3. The molecule has 0 aliphatic rings. The Balaban J connectivity index is 3.96. The zero-order chi connectivity index (χ0) is 27.2. The normalized spacial score (nSPS) is 14.5. The summed E-state index contributed by atoms with van der Waals surface area (Å²) in [7, 11) is 0. The van der Waals surface area contributed by atoms with Gasteiger partial charge in [-0.15, -0.1) is 0 Å². The van der Waals surface area contributed by atoms with Crippen LogP contribution in [-0.2, 0) is 14.3 Å². The van der Waals surface area contributed by atoms with Crippen LogP contribution in [0.25, 0.3) is 0 Å². The van der Waals surface area contributed by atoms with Crippen molar-refractivity contribution in [1.29, 1.82) is 0 Å². The molecule has 4 nitrogen and oxygen atoms in total. The summed E-state index contributed by atoms with van der Waals surface area (Å²) < 4.78 is 11.5. The molecule has 0 aromatic heterocycles. The van der Waals surface area contributed by atoms with E-state index in [-0.39, 0.29) is 22.2 Å². The van der Waals surface area contributed by atoms with Crippen molar-refractivity contribution in [3.8, 4) is 0 Å². The van der Waals surface area contributed by atoms with Crippen LogP contribution < -0.4 is 5.32 Å². The number of amides is 1. The second-order valence-electron chi connectivity index (χ2n) is 14.6. The standard InChI is InChI=1S/C31H61NO3/c1-26(23-34-21-15-16-22-35-25-29(5,6)7)17-20-30(8,9)18-13-12-14-19-31(10,11)27(33)32-24-28(2,3)4/h15-16,26H,12-14,17-25H2,1-11H3,(H,32,33)/b16-15+. The number of nitrogens with one attached hydrogen (secondary N) is 1. The van der Waals surface area contributed by atoms with Crippen LogP contribution in [0.3, 0.4) is 0 Å². The Hall–Kier alpha value is -0.870. The van der Waals surface area contributed by atoms with Gasteiger partial charge in [0.2, 0.25) is 5.91 Å². The molecular weight excluding hydrogens is 434 g/mol. The average Bonchev–Trinajstić information content (AvgIpc) is 2.70. The van der Waals surface area contributed by atoms with Crippen LogP contribution in [0.4, 0.5) is 0 Å². The molecule has 0 rings (SSSR count). The fraction of sp³-hybridized carbons (Fsp3) is 0.903. The summed E-state index contributed by atoms with van der Waals surface area (Å²) in [6.45, 7) is 27.9. The Morgan fingerprint density at radius 1 is 0.771 bits per heavy atom. The smallest absolute Gasteiger partial charge is 0.225 e. The second-order valence-corrected chi connectivity index (χ2v) is 14.6. The molecule has 0 heterocycles. The molecule has 0 saturated heterocycles. The van der Waals surface area contributed by atoms with Gasteiger partial charge in [-0.2, -0.15) is 0 Å². The largest absolute Gasteiger partial charge is 0.377 e. The van der Waals surface area contributed by atoms with E-state index in [1.54, 1.807) is 0 Å². The molecule has 0 fully saturated rings. The van der Waals surface area contributed by atoms with E-state index in [4.69, 9.17) is 9.47 Å². The summed E-state index contributed by atoms with van der Waals surface area (Å²) in [6, 6.07) is 0. The maximum atomic E-state index is 12.5. The molecule has 0 radical (unpaired) electrons. The first-order valence-electron chi connectivity index (χ1n) is 14.0. The molecule has 0 saturated carbocycles. The van der Waals surface area contributed by atoms with E-state index >= 15 is 0 Å². The van der Waals surface area contributed by atoms with Crippen molar-refractivity contribution in [2.75, 3.05) is 33.0 Å². The van der Waals surface area contributed by atoms with E-state index in [9.17, 15) is 4.79 Å². The van der Waals surface area contributed by atoms with Gasteiger partial charge in [-0.1, -0.05) is 108 Å². The van der Waals surface area contributed by atoms with Crippen LogP contribution in [0.2, 0.25) is 0 Å². The van der Waals surface area contributed by atoms with Crippen LogP contribution in [-0.4, -0.2) is 38.9 Å². The van der Waals surface area contributed by atoms with Gasteiger partial charge in [0, 0.05) is 18.6 Å². The van der Waals surface area contributed by atoms with Crippen molar-refractivity contribution < 1.29 is 14.3 Å². The number of rotatable bonds is 18. The summed E-state index contributed by atoms with van der Waals surface area (Å²) >= 11 is 0. The molecule has 1 unspecified atom stereocenters. The summed E-state index contributed by atoms with van der Waals surface area (Å²) in [4.78, 5) is 12.5. The van der Waals surface area contributed by atoms with Gasteiger partial charge < -0.3 is 14.8 Å². The third-order valence-corrected chi connectivity index (χ3v) is 6.40. The Bertz CT molecular complexity index is 593. The highest BCUT2D eigenvalue weighted by Gasteiger charge is 2.28. The van der Waals surface area contributed by atoms with Crippen molar-refractivity contribution in [3.63, 3.8) is 0 Å². The van der Waals surface area contributed by atoms with Crippen LogP contribution in [0.5, 0.6) is 0 Å². The van der Waals surface area contributed by atoms with Crippen LogP contribution in [0, 0.1) is 27.6 Å². The highest BCUT2D eigenvalue weighted by Crippen LogP contribution is 2.32. The summed E-state index contributed by atoms with van der Waals surface area (Å²) in [5.41, 5.74) is 0.413. The minimum Gasteiger partial charge on any atom is -0.377 e. The van der Waals surface area contributed by atoms with Crippen LogP contribution >= 0.6 is 0 Å². The lowest BCUT2D eigenvalue weighted by Crippen LogP contribution is -2.40. The van der Waals surface area contributed by atoms with Gasteiger partial charge >= 0.3 is 0 Å². The predicted molar refractivity (Wildman–Crippen MR) is 152 cm³/mol. The minimum absolute atomic E-state index is 0.124. The van der Waals surface area contributed by atoms with Gasteiger partial charge in [-0.3, -0.25) is 4.79 Å². The molecule has 0 aliphatic heterocycles. The highest BCUT2D eigenvalue weighted by molar-refractivity contribution is 5.81. The van der Waals surface area contributed by atoms with Gasteiger partial charge in [-0.25, -0.2) is 0 Å². The molecule has 0 aliphatic carbocycles.